The maximum absolute atomic E-state index is 11.6. The lowest BCUT2D eigenvalue weighted by atomic mass is 10.2. The molecule has 2 amide bonds. The quantitative estimate of drug-likeness (QED) is 0.864. The summed E-state index contributed by atoms with van der Waals surface area (Å²) in [7, 11) is 0. The van der Waals surface area contributed by atoms with E-state index < -0.39 is 5.91 Å². The fourth-order valence-electron chi connectivity index (χ4n) is 1.97. The summed E-state index contributed by atoms with van der Waals surface area (Å²) in [5.41, 5.74) is 2.15. The van der Waals surface area contributed by atoms with E-state index in [0.717, 1.165) is 17.4 Å². The molecule has 0 spiro atoms. The largest absolute Gasteiger partial charge is 0.290 e. The van der Waals surface area contributed by atoms with E-state index in [1.807, 2.05) is 30.3 Å². The lowest BCUT2D eigenvalue weighted by Crippen LogP contribution is -2.17. The number of nitrogens with zero attached hydrogens (tertiary/aromatic N) is 2. The molecule has 0 bridgehead atoms. The van der Waals surface area contributed by atoms with Gasteiger partial charge in [-0.15, -0.1) is 0 Å². The van der Waals surface area contributed by atoms with E-state index in [1.54, 1.807) is 17.7 Å². The second-order valence-electron chi connectivity index (χ2n) is 4.39. The number of nitrogens with one attached hydrogen (secondary N) is 1. The molecule has 1 aliphatic rings. The average Bonchev–Trinajstić information content (AvgIpc) is 2.93. The number of carbonyl (C=O) groups is 2. The van der Waals surface area contributed by atoms with Gasteiger partial charge >= 0.3 is 0 Å². The van der Waals surface area contributed by atoms with Crippen LogP contribution in [0.25, 0.3) is 11.8 Å². The molecule has 1 saturated heterocycles. The smallest absolute Gasteiger partial charge is 0.282 e. The summed E-state index contributed by atoms with van der Waals surface area (Å²) in [5, 5.41) is 6.61. The molecule has 1 aliphatic heterocycles. The summed E-state index contributed by atoms with van der Waals surface area (Å²) in [6, 6.07) is 9.45. The van der Waals surface area contributed by atoms with Gasteiger partial charge in [0.15, 0.2) is 0 Å². The normalized spacial score (nSPS) is 16.6. The minimum atomic E-state index is -0.409. The van der Waals surface area contributed by atoms with Gasteiger partial charge in [0.2, 0.25) is 0 Å². The van der Waals surface area contributed by atoms with Gasteiger partial charge in [0.25, 0.3) is 11.1 Å². The summed E-state index contributed by atoms with van der Waals surface area (Å²) in [6.07, 6.45) is 1.59. The fraction of sp³-hybridized carbons (Fsp3) is 0.0714. The van der Waals surface area contributed by atoms with E-state index in [4.69, 9.17) is 11.6 Å². The molecule has 1 aromatic carbocycles. The van der Waals surface area contributed by atoms with Gasteiger partial charge < -0.3 is 0 Å². The number of benzene rings is 1. The van der Waals surface area contributed by atoms with Gasteiger partial charge in [0.1, 0.15) is 5.15 Å². The number of hydrogen-bond acceptors (Lipinski definition) is 4. The van der Waals surface area contributed by atoms with Crippen LogP contribution in [0.1, 0.15) is 11.3 Å². The number of halogens is 1. The van der Waals surface area contributed by atoms with Gasteiger partial charge in [0.05, 0.1) is 16.3 Å². The molecule has 7 heteroatoms. The third-order valence-corrected chi connectivity index (χ3v) is 4.14. The van der Waals surface area contributed by atoms with Gasteiger partial charge in [-0.2, -0.15) is 5.10 Å². The van der Waals surface area contributed by atoms with Crippen molar-refractivity contribution in [3.63, 3.8) is 0 Å². The Morgan fingerprint density at radius 1 is 1.29 bits per heavy atom. The zero-order chi connectivity index (χ0) is 15.0. The van der Waals surface area contributed by atoms with Crippen molar-refractivity contribution < 1.29 is 9.59 Å². The minimum Gasteiger partial charge on any atom is -0.282 e. The molecule has 3 rings (SSSR count). The first-order chi connectivity index (χ1) is 10.1. The predicted octanol–water partition coefficient (Wildman–Crippen LogP) is 3.16. The first kappa shape index (κ1) is 13.9. The third-order valence-electron chi connectivity index (χ3n) is 2.97. The van der Waals surface area contributed by atoms with Crippen molar-refractivity contribution in [2.75, 3.05) is 0 Å². The second kappa shape index (κ2) is 5.38. The molecule has 1 fully saturated rings. The maximum atomic E-state index is 11.6. The molecule has 2 aromatic rings. The Morgan fingerprint density at radius 2 is 2.00 bits per heavy atom. The Balaban J connectivity index is 2.06. The van der Waals surface area contributed by atoms with Gasteiger partial charge in [0, 0.05) is 5.56 Å². The van der Waals surface area contributed by atoms with E-state index in [2.05, 4.69) is 10.4 Å². The summed E-state index contributed by atoms with van der Waals surface area (Å²) < 4.78 is 1.60. The molecule has 21 heavy (non-hydrogen) atoms. The van der Waals surface area contributed by atoms with Crippen LogP contribution in [0, 0.1) is 6.92 Å². The van der Waals surface area contributed by atoms with E-state index in [1.165, 1.54) is 0 Å². The van der Waals surface area contributed by atoms with Crippen LogP contribution in [-0.2, 0) is 4.79 Å². The third kappa shape index (κ3) is 2.59. The van der Waals surface area contributed by atoms with Crippen molar-refractivity contribution >= 4 is 40.6 Å². The monoisotopic (exact) mass is 319 g/mol. The number of amides is 2. The Hall–Kier alpha value is -2.05. The molecule has 5 nitrogen and oxygen atoms in total. The van der Waals surface area contributed by atoms with Crippen LogP contribution in [0.5, 0.6) is 0 Å². The standard InChI is InChI=1S/C14H10ClN3O2S/c1-8-10(7-11-13(19)16-14(20)21-11)12(15)18(17-8)9-5-3-2-4-6-9/h2-7H,1H3,(H,16,19,20)/b11-7+. The van der Waals surface area contributed by atoms with Gasteiger partial charge in [-0.3, -0.25) is 14.9 Å². The summed E-state index contributed by atoms with van der Waals surface area (Å²) in [6.45, 7) is 1.80. The molecule has 106 valence electrons. The van der Waals surface area contributed by atoms with Crippen molar-refractivity contribution in [3.05, 3.63) is 51.6 Å². The molecular weight excluding hydrogens is 310 g/mol. The van der Waals surface area contributed by atoms with Crippen LogP contribution in [0.3, 0.4) is 0 Å². The highest BCUT2D eigenvalue weighted by atomic mass is 35.5. The first-order valence-corrected chi connectivity index (χ1v) is 7.31. The SMILES string of the molecule is Cc1nn(-c2ccccc2)c(Cl)c1/C=C1/SC(=O)NC1=O. The van der Waals surface area contributed by atoms with Gasteiger partial charge in [-0.25, -0.2) is 4.68 Å². The number of para-hydroxylation sites is 1. The van der Waals surface area contributed by atoms with Crippen LogP contribution in [0.2, 0.25) is 5.15 Å². The molecule has 0 saturated carbocycles. The van der Waals surface area contributed by atoms with Gasteiger partial charge in [-0.05, 0) is 36.9 Å². The maximum Gasteiger partial charge on any atom is 0.290 e. The van der Waals surface area contributed by atoms with E-state index in [-0.39, 0.29) is 5.24 Å². The van der Waals surface area contributed by atoms with Crippen LogP contribution in [0.15, 0.2) is 35.2 Å². The molecule has 0 unspecified atom stereocenters. The summed E-state index contributed by atoms with van der Waals surface area (Å²) in [5.74, 6) is -0.409. The molecule has 0 radical (unpaired) electrons. The first-order valence-electron chi connectivity index (χ1n) is 6.11. The highest BCUT2D eigenvalue weighted by molar-refractivity contribution is 8.18. The van der Waals surface area contributed by atoms with E-state index in [0.29, 0.717) is 21.3 Å². The number of aryl methyl sites for hydroxylation is 1. The van der Waals surface area contributed by atoms with Gasteiger partial charge in [-0.1, -0.05) is 29.8 Å². The Bertz CT molecular complexity index is 768. The number of imide groups is 1. The predicted molar refractivity (Wildman–Crippen MR) is 82.4 cm³/mol. The lowest BCUT2D eigenvalue weighted by molar-refractivity contribution is -0.115. The topological polar surface area (TPSA) is 64.0 Å². The molecule has 0 aliphatic carbocycles. The van der Waals surface area contributed by atoms with Crippen molar-refractivity contribution in [2.45, 2.75) is 6.92 Å². The molecule has 2 heterocycles. The van der Waals surface area contributed by atoms with Crippen molar-refractivity contribution in [1.29, 1.82) is 0 Å². The number of hydrogen-bond donors (Lipinski definition) is 1. The molecular formula is C14H10ClN3O2S. The van der Waals surface area contributed by atoms with Crippen LogP contribution in [-0.4, -0.2) is 20.9 Å². The van der Waals surface area contributed by atoms with Crippen molar-refractivity contribution in [3.8, 4) is 5.69 Å². The van der Waals surface area contributed by atoms with Crippen molar-refractivity contribution in [2.24, 2.45) is 0 Å². The zero-order valence-corrected chi connectivity index (χ0v) is 12.5. The van der Waals surface area contributed by atoms with Crippen LogP contribution >= 0.6 is 23.4 Å². The lowest BCUT2D eigenvalue weighted by Gasteiger charge is -2.02. The van der Waals surface area contributed by atoms with Crippen molar-refractivity contribution in [1.82, 2.24) is 15.1 Å². The van der Waals surface area contributed by atoms with E-state index >= 15 is 0 Å². The summed E-state index contributed by atoms with van der Waals surface area (Å²) in [4.78, 5) is 23.1. The number of thioether (sulfide) groups is 1. The number of rotatable bonds is 2. The highest BCUT2D eigenvalue weighted by Gasteiger charge is 2.26. The van der Waals surface area contributed by atoms with E-state index in [9.17, 15) is 9.59 Å². The Morgan fingerprint density at radius 3 is 2.62 bits per heavy atom. The molecule has 1 aromatic heterocycles. The van der Waals surface area contributed by atoms with Crippen LogP contribution < -0.4 is 5.32 Å². The average molecular weight is 320 g/mol. The minimum absolute atomic E-state index is 0.317. The number of aromatic nitrogens is 2. The summed E-state index contributed by atoms with van der Waals surface area (Å²) >= 11 is 7.21. The molecule has 0 atom stereocenters. The highest BCUT2D eigenvalue weighted by Crippen LogP contribution is 2.30. The number of carbonyl (C=O) groups excluding carboxylic acids is 2. The Labute approximate surface area is 130 Å². The Kier molecular flexibility index (Phi) is 3.57. The van der Waals surface area contributed by atoms with Crippen LogP contribution in [0.4, 0.5) is 4.79 Å². The zero-order valence-electron chi connectivity index (χ0n) is 11.0. The molecule has 1 N–H and O–H groups in total. The fourth-order valence-corrected chi connectivity index (χ4v) is 2.96. The second-order valence-corrected chi connectivity index (χ2v) is 5.76.